The number of hydrogen-bond donors (Lipinski definition) is 2. The summed E-state index contributed by atoms with van der Waals surface area (Å²) < 4.78 is 0. The standard InChI is InChI=1S/C16H34.2CHNO/c1-3-5-7-9-11-13-15-16-14-12-10-8-6-4-2;2*2-1-3/h3-16H2,1-2H3;2*2H. The maximum atomic E-state index is 8.35. The Morgan fingerprint density at radius 1 is 0.500 bits per heavy atom. The molecule has 0 fully saturated rings. The van der Waals surface area contributed by atoms with Crippen molar-refractivity contribution in [3.8, 4) is 0 Å². The van der Waals surface area contributed by atoms with Crippen LogP contribution in [-0.2, 0) is 9.59 Å². The molecule has 0 spiro atoms. The summed E-state index contributed by atoms with van der Waals surface area (Å²) in [4.78, 5) is 16.7. The van der Waals surface area contributed by atoms with Crippen LogP contribution in [0.5, 0.6) is 0 Å². The molecule has 2 N–H and O–H groups in total. The largest absolute Gasteiger partial charge is 0.231 e. The molecule has 0 aromatic heterocycles. The molecule has 0 amide bonds. The molecule has 0 aromatic rings. The van der Waals surface area contributed by atoms with Crippen LogP contribution >= 0.6 is 0 Å². The van der Waals surface area contributed by atoms with Crippen molar-refractivity contribution in [3.63, 3.8) is 0 Å². The van der Waals surface area contributed by atoms with E-state index in [2.05, 4.69) is 13.8 Å². The third-order valence-electron chi connectivity index (χ3n) is 3.46. The third kappa shape index (κ3) is 42.8. The van der Waals surface area contributed by atoms with Gasteiger partial charge in [-0.15, -0.1) is 0 Å². The molecule has 0 heterocycles. The predicted molar refractivity (Wildman–Crippen MR) is 92.8 cm³/mol. The fourth-order valence-electron chi connectivity index (χ4n) is 2.27. The molecule has 0 aromatic carbocycles. The lowest BCUT2D eigenvalue weighted by molar-refractivity contribution is 0.538. The summed E-state index contributed by atoms with van der Waals surface area (Å²) in [6.45, 7) is 4.58. The summed E-state index contributed by atoms with van der Waals surface area (Å²) in [5.74, 6) is 0. The molecular weight excluding hydrogens is 276 g/mol. The lowest BCUT2D eigenvalue weighted by Crippen LogP contribution is -1.82. The van der Waals surface area contributed by atoms with E-state index in [1.807, 2.05) is 0 Å². The van der Waals surface area contributed by atoms with E-state index in [4.69, 9.17) is 20.4 Å². The number of isocyanates is 2. The lowest BCUT2D eigenvalue weighted by Gasteiger charge is -2.02. The highest BCUT2D eigenvalue weighted by Gasteiger charge is 1.92. The van der Waals surface area contributed by atoms with Gasteiger partial charge < -0.3 is 0 Å². The molecule has 0 rings (SSSR count). The highest BCUT2D eigenvalue weighted by Crippen LogP contribution is 2.12. The van der Waals surface area contributed by atoms with E-state index in [0.29, 0.717) is 0 Å². The quantitative estimate of drug-likeness (QED) is 0.238. The zero-order valence-corrected chi connectivity index (χ0v) is 14.7. The van der Waals surface area contributed by atoms with Gasteiger partial charge in [-0.2, -0.15) is 0 Å². The SMILES string of the molecule is CCCCCCCCCCCCCCCC.N=C=O.N=C=O. The van der Waals surface area contributed by atoms with Crippen LogP contribution in [0.3, 0.4) is 0 Å². The first-order chi connectivity index (χ1) is 10.7. The van der Waals surface area contributed by atoms with Gasteiger partial charge in [0.1, 0.15) is 0 Å². The molecule has 0 aliphatic carbocycles. The minimum atomic E-state index is 0.750. The van der Waals surface area contributed by atoms with Crippen molar-refractivity contribution in [2.24, 2.45) is 0 Å². The molecule has 0 aliphatic rings. The van der Waals surface area contributed by atoms with Crippen LogP contribution in [0.4, 0.5) is 0 Å². The predicted octanol–water partition coefficient (Wildman–Crippen LogP) is 6.29. The Labute approximate surface area is 137 Å². The van der Waals surface area contributed by atoms with Gasteiger partial charge in [0.2, 0.25) is 12.2 Å². The molecule has 0 bridgehead atoms. The second kappa shape index (κ2) is 31.9. The van der Waals surface area contributed by atoms with Crippen molar-refractivity contribution < 1.29 is 9.59 Å². The van der Waals surface area contributed by atoms with E-state index >= 15 is 0 Å². The number of unbranched alkanes of at least 4 members (excludes halogenated alkanes) is 13. The van der Waals surface area contributed by atoms with Crippen LogP contribution in [0.25, 0.3) is 0 Å². The van der Waals surface area contributed by atoms with Gasteiger partial charge in [-0.25, -0.2) is 20.4 Å². The summed E-state index contributed by atoms with van der Waals surface area (Å²) in [5, 5.41) is 10.8. The summed E-state index contributed by atoms with van der Waals surface area (Å²) >= 11 is 0. The van der Waals surface area contributed by atoms with Gasteiger partial charge in [0.05, 0.1) is 0 Å². The van der Waals surface area contributed by atoms with Crippen molar-refractivity contribution in [2.45, 2.75) is 104 Å². The molecule has 4 nitrogen and oxygen atoms in total. The summed E-state index contributed by atoms with van der Waals surface area (Å²) in [5.41, 5.74) is 0. The number of hydrogen-bond acceptors (Lipinski definition) is 4. The molecule has 0 saturated carbocycles. The van der Waals surface area contributed by atoms with Gasteiger partial charge in [0, 0.05) is 0 Å². The van der Waals surface area contributed by atoms with Crippen molar-refractivity contribution in [2.75, 3.05) is 0 Å². The number of carbonyl (C=O) groups excluding carboxylic acids is 2. The molecule has 0 atom stereocenters. The van der Waals surface area contributed by atoms with E-state index < -0.39 is 0 Å². The Hall–Kier alpha value is -1.24. The smallest absolute Gasteiger partial charge is 0.222 e. The number of rotatable bonds is 13. The highest BCUT2D eigenvalue weighted by molar-refractivity contribution is 5.26. The van der Waals surface area contributed by atoms with Crippen molar-refractivity contribution in [1.29, 1.82) is 10.8 Å². The first-order valence-corrected chi connectivity index (χ1v) is 8.82. The van der Waals surface area contributed by atoms with Gasteiger partial charge in [-0.05, 0) is 0 Å². The second-order valence-electron chi connectivity index (χ2n) is 5.45. The topological polar surface area (TPSA) is 81.8 Å². The van der Waals surface area contributed by atoms with Crippen molar-refractivity contribution in [3.05, 3.63) is 0 Å². The molecule has 0 saturated heterocycles. The van der Waals surface area contributed by atoms with E-state index in [1.165, 1.54) is 89.9 Å². The minimum Gasteiger partial charge on any atom is -0.222 e. The molecule has 0 radical (unpaired) electrons. The summed E-state index contributed by atoms with van der Waals surface area (Å²) in [7, 11) is 0. The maximum absolute atomic E-state index is 8.35. The van der Waals surface area contributed by atoms with Crippen LogP contribution in [0, 0.1) is 10.8 Å². The maximum Gasteiger partial charge on any atom is 0.231 e. The van der Waals surface area contributed by atoms with Crippen LogP contribution in [0.15, 0.2) is 0 Å². The third-order valence-corrected chi connectivity index (χ3v) is 3.46. The molecular formula is C18H36N2O2. The molecule has 130 valence electrons. The van der Waals surface area contributed by atoms with Crippen molar-refractivity contribution >= 4 is 12.2 Å². The Kier molecular flexibility index (Phi) is 37.3. The average Bonchev–Trinajstić information content (AvgIpc) is 2.50. The molecule has 0 aliphatic heterocycles. The van der Waals surface area contributed by atoms with E-state index in [9.17, 15) is 0 Å². The Bertz CT molecular complexity index is 217. The average molecular weight is 312 g/mol. The highest BCUT2D eigenvalue weighted by atomic mass is 16.1. The van der Waals surface area contributed by atoms with Crippen molar-refractivity contribution in [1.82, 2.24) is 0 Å². The zero-order valence-electron chi connectivity index (χ0n) is 14.7. The van der Waals surface area contributed by atoms with E-state index in [0.717, 1.165) is 12.2 Å². The molecule has 0 unspecified atom stereocenters. The second-order valence-corrected chi connectivity index (χ2v) is 5.45. The summed E-state index contributed by atoms with van der Waals surface area (Å²) in [6, 6.07) is 0. The Balaban J connectivity index is -0.000000515. The van der Waals surface area contributed by atoms with Gasteiger partial charge in [0.15, 0.2) is 0 Å². The molecule has 22 heavy (non-hydrogen) atoms. The first kappa shape index (κ1) is 25.7. The Morgan fingerprint density at radius 2 is 0.636 bits per heavy atom. The van der Waals surface area contributed by atoms with Gasteiger partial charge in [0.25, 0.3) is 0 Å². The number of nitrogens with one attached hydrogen (secondary N) is 2. The van der Waals surface area contributed by atoms with E-state index in [-0.39, 0.29) is 0 Å². The van der Waals surface area contributed by atoms with Crippen LogP contribution in [-0.4, -0.2) is 12.2 Å². The minimum absolute atomic E-state index is 0.750. The fraction of sp³-hybridized carbons (Fsp3) is 0.889. The van der Waals surface area contributed by atoms with Gasteiger partial charge >= 0.3 is 0 Å². The van der Waals surface area contributed by atoms with Crippen LogP contribution in [0.1, 0.15) is 104 Å². The molecule has 4 heteroatoms. The monoisotopic (exact) mass is 312 g/mol. The van der Waals surface area contributed by atoms with Crippen LogP contribution in [0.2, 0.25) is 0 Å². The zero-order chi connectivity index (χ0) is 17.3. The fourth-order valence-corrected chi connectivity index (χ4v) is 2.27. The lowest BCUT2D eigenvalue weighted by atomic mass is 10.0. The van der Waals surface area contributed by atoms with Crippen LogP contribution < -0.4 is 0 Å². The summed E-state index contributed by atoms with van der Waals surface area (Å²) in [6.07, 6.45) is 21.9. The first-order valence-electron chi connectivity index (χ1n) is 8.82. The van der Waals surface area contributed by atoms with E-state index in [1.54, 1.807) is 0 Å². The van der Waals surface area contributed by atoms with Gasteiger partial charge in [-0.3, -0.25) is 0 Å². The van der Waals surface area contributed by atoms with Gasteiger partial charge in [-0.1, -0.05) is 104 Å². The normalized spacial score (nSPS) is 8.64. The Morgan fingerprint density at radius 3 is 0.773 bits per heavy atom.